The van der Waals surface area contributed by atoms with Crippen LogP contribution in [0.25, 0.3) is 10.9 Å². The summed E-state index contributed by atoms with van der Waals surface area (Å²) in [6.07, 6.45) is 1.72. The molecule has 1 aliphatic heterocycles. The van der Waals surface area contributed by atoms with E-state index < -0.39 is 5.97 Å². The lowest BCUT2D eigenvalue weighted by atomic mass is 10.1. The van der Waals surface area contributed by atoms with Crippen molar-refractivity contribution in [3.8, 4) is 0 Å². The number of aromatic carboxylic acids is 1. The molecule has 8 nitrogen and oxygen atoms in total. The fourth-order valence-electron chi connectivity index (χ4n) is 3.81. The molecule has 2 aromatic heterocycles. The van der Waals surface area contributed by atoms with Crippen LogP contribution < -0.4 is 9.80 Å². The Kier molecular flexibility index (Phi) is 5.50. The van der Waals surface area contributed by atoms with Gasteiger partial charge in [0.1, 0.15) is 11.6 Å². The molecule has 1 fully saturated rings. The summed E-state index contributed by atoms with van der Waals surface area (Å²) in [5.41, 5.74) is 2.68. The summed E-state index contributed by atoms with van der Waals surface area (Å²) in [4.78, 5) is 31.9. The minimum Gasteiger partial charge on any atom is -0.478 e. The van der Waals surface area contributed by atoms with Crippen LogP contribution in [-0.4, -0.2) is 71.2 Å². The number of piperazine rings is 1. The van der Waals surface area contributed by atoms with Crippen LogP contribution in [0, 0.1) is 6.92 Å². The number of hydrogen-bond acceptors (Lipinski definition) is 7. The van der Waals surface area contributed by atoms with Crippen molar-refractivity contribution >= 4 is 28.4 Å². The number of rotatable bonds is 5. The van der Waals surface area contributed by atoms with Crippen LogP contribution in [0.2, 0.25) is 0 Å². The van der Waals surface area contributed by atoms with Gasteiger partial charge in [0.05, 0.1) is 29.0 Å². The third kappa shape index (κ3) is 4.18. The van der Waals surface area contributed by atoms with Gasteiger partial charge in [0.2, 0.25) is 0 Å². The molecule has 156 valence electrons. The summed E-state index contributed by atoms with van der Waals surface area (Å²) in [7, 11) is 4.06. The Morgan fingerprint density at radius 1 is 1.17 bits per heavy atom. The van der Waals surface area contributed by atoms with Crippen LogP contribution in [0.1, 0.15) is 21.9 Å². The minimum atomic E-state index is -0.953. The predicted molar refractivity (Wildman–Crippen MR) is 117 cm³/mol. The molecule has 1 saturated heterocycles. The summed E-state index contributed by atoms with van der Waals surface area (Å²) in [6, 6.07) is 9.06. The SMILES string of the molecule is Cc1nc(CN(C)c2cc(C(=O)O)cc3cccnc23)cc(N2CCN(C)CC2)n1. The van der Waals surface area contributed by atoms with Crippen molar-refractivity contribution in [1.29, 1.82) is 0 Å². The number of benzene rings is 1. The van der Waals surface area contributed by atoms with Crippen LogP contribution in [0.4, 0.5) is 11.5 Å². The Bertz CT molecular complexity index is 1080. The molecular formula is C22H26N6O2. The van der Waals surface area contributed by atoms with Gasteiger partial charge in [0.15, 0.2) is 0 Å². The van der Waals surface area contributed by atoms with Crippen molar-refractivity contribution in [3.05, 3.63) is 53.6 Å². The first-order valence-corrected chi connectivity index (χ1v) is 10.0. The molecular weight excluding hydrogens is 380 g/mol. The number of carboxylic acids is 1. The smallest absolute Gasteiger partial charge is 0.335 e. The van der Waals surface area contributed by atoms with Gasteiger partial charge in [-0.2, -0.15) is 0 Å². The molecule has 8 heteroatoms. The average molecular weight is 406 g/mol. The van der Waals surface area contributed by atoms with Gasteiger partial charge in [0, 0.05) is 50.9 Å². The molecule has 1 aromatic carbocycles. The highest BCUT2D eigenvalue weighted by molar-refractivity contribution is 5.99. The number of nitrogens with zero attached hydrogens (tertiary/aromatic N) is 6. The molecule has 3 heterocycles. The maximum Gasteiger partial charge on any atom is 0.335 e. The third-order valence-electron chi connectivity index (χ3n) is 5.45. The molecule has 1 N–H and O–H groups in total. The summed E-state index contributed by atoms with van der Waals surface area (Å²) >= 11 is 0. The second kappa shape index (κ2) is 8.23. The van der Waals surface area contributed by atoms with E-state index in [2.05, 4.69) is 31.8 Å². The second-order valence-electron chi connectivity index (χ2n) is 7.79. The van der Waals surface area contributed by atoms with E-state index in [1.54, 1.807) is 18.3 Å². The van der Waals surface area contributed by atoms with E-state index in [-0.39, 0.29) is 5.56 Å². The number of aryl methyl sites for hydroxylation is 1. The Morgan fingerprint density at radius 2 is 1.93 bits per heavy atom. The molecule has 0 atom stereocenters. The van der Waals surface area contributed by atoms with Crippen LogP contribution in [0.15, 0.2) is 36.5 Å². The Hall–Kier alpha value is -3.26. The van der Waals surface area contributed by atoms with Gasteiger partial charge in [-0.05, 0) is 32.2 Å². The molecule has 0 spiro atoms. The largest absolute Gasteiger partial charge is 0.478 e. The number of carboxylic acid groups (broad SMARTS) is 1. The monoisotopic (exact) mass is 406 g/mol. The molecule has 0 amide bonds. The fraction of sp³-hybridized carbons (Fsp3) is 0.364. The van der Waals surface area contributed by atoms with E-state index >= 15 is 0 Å². The lowest BCUT2D eigenvalue weighted by molar-refractivity contribution is 0.0697. The summed E-state index contributed by atoms with van der Waals surface area (Å²) in [5.74, 6) is 0.726. The second-order valence-corrected chi connectivity index (χ2v) is 7.79. The van der Waals surface area contributed by atoms with E-state index in [0.29, 0.717) is 6.54 Å². The highest BCUT2D eigenvalue weighted by Crippen LogP contribution is 2.28. The molecule has 0 saturated carbocycles. The molecule has 30 heavy (non-hydrogen) atoms. The molecule has 0 aliphatic carbocycles. The Labute approximate surface area is 175 Å². The van der Waals surface area contributed by atoms with Gasteiger partial charge in [-0.25, -0.2) is 14.8 Å². The van der Waals surface area contributed by atoms with Crippen molar-refractivity contribution < 1.29 is 9.90 Å². The first-order chi connectivity index (χ1) is 14.4. The van der Waals surface area contributed by atoms with Gasteiger partial charge in [-0.3, -0.25) is 4.98 Å². The van der Waals surface area contributed by atoms with Gasteiger partial charge < -0.3 is 19.8 Å². The average Bonchev–Trinajstić information content (AvgIpc) is 2.73. The van der Waals surface area contributed by atoms with Gasteiger partial charge in [-0.1, -0.05) is 6.07 Å². The Morgan fingerprint density at radius 3 is 2.67 bits per heavy atom. The molecule has 3 aromatic rings. The standard InChI is InChI=1S/C22H26N6O2/c1-15-24-18(13-20(25-15)28-9-7-26(2)8-10-28)14-27(3)19-12-17(22(29)30)11-16-5-4-6-23-21(16)19/h4-6,11-13H,7-10,14H2,1-3H3,(H,29,30). The van der Waals surface area contributed by atoms with Crippen molar-refractivity contribution in [2.45, 2.75) is 13.5 Å². The van der Waals surface area contributed by atoms with Crippen LogP contribution >= 0.6 is 0 Å². The van der Waals surface area contributed by atoms with Gasteiger partial charge >= 0.3 is 5.97 Å². The normalized spacial score (nSPS) is 14.8. The minimum absolute atomic E-state index is 0.245. The van der Waals surface area contributed by atoms with Gasteiger partial charge in [0.25, 0.3) is 0 Å². The zero-order valence-electron chi connectivity index (χ0n) is 17.5. The van der Waals surface area contributed by atoms with Crippen molar-refractivity contribution in [2.24, 2.45) is 0 Å². The first kappa shape index (κ1) is 20.0. The number of aromatic nitrogens is 3. The van der Waals surface area contributed by atoms with Gasteiger partial charge in [-0.15, -0.1) is 0 Å². The van der Waals surface area contributed by atoms with E-state index in [0.717, 1.165) is 60.1 Å². The Balaban J connectivity index is 1.64. The van der Waals surface area contributed by atoms with E-state index in [9.17, 15) is 9.90 Å². The number of pyridine rings is 1. The van der Waals surface area contributed by atoms with E-state index in [1.807, 2.05) is 37.1 Å². The number of likely N-dealkylation sites (N-methyl/N-ethyl adjacent to an activating group) is 1. The number of carbonyl (C=O) groups is 1. The molecule has 0 unspecified atom stereocenters. The lowest BCUT2D eigenvalue weighted by Crippen LogP contribution is -2.45. The van der Waals surface area contributed by atoms with E-state index in [1.165, 1.54) is 0 Å². The quantitative estimate of drug-likeness (QED) is 0.691. The fourth-order valence-corrected chi connectivity index (χ4v) is 3.81. The predicted octanol–water partition coefficient (Wildman–Crippen LogP) is 2.42. The summed E-state index contributed by atoms with van der Waals surface area (Å²) in [5, 5.41) is 10.3. The summed E-state index contributed by atoms with van der Waals surface area (Å²) in [6.45, 7) is 6.34. The highest BCUT2D eigenvalue weighted by atomic mass is 16.4. The van der Waals surface area contributed by atoms with Crippen molar-refractivity contribution in [1.82, 2.24) is 19.9 Å². The molecule has 1 aliphatic rings. The van der Waals surface area contributed by atoms with Crippen LogP contribution in [0.3, 0.4) is 0 Å². The molecule has 0 radical (unpaired) electrons. The van der Waals surface area contributed by atoms with Crippen LogP contribution in [-0.2, 0) is 6.54 Å². The van der Waals surface area contributed by atoms with Crippen molar-refractivity contribution in [3.63, 3.8) is 0 Å². The number of anilines is 2. The zero-order chi connectivity index (χ0) is 21.3. The maximum atomic E-state index is 11.6. The lowest BCUT2D eigenvalue weighted by Gasteiger charge is -2.33. The molecule has 0 bridgehead atoms. The zero-order valence-corrected chi connectivity index (χ0v) is 17.5. The van der Waals surface area contributed by atoms with Crippen LogP contribution in [0.5, 0.6) is 0 Å². The summed E-state index contributed by atoms with van der Waals surface area (Å²) < 4.78 is 0. The van der Waals surface area contributed by atoms with E-state index in [4.69, 9.17) is 0 Å². The maximum absolute atomic E-state index is 11.6. The highest BCUT2D eigenvalue weighted by Gasteiger charge is 2.18. The van der Waals surface area contributed by atoms with Crippen molar-refractivity contribution in [2.75, 3.05) is 50.1 Å². The first-order valence-electron chi connectivity index (χ1n) is 10.0. The third-order valence-corrected chi connectivity index (χ3v) is 5.45. The molecule has 4 rings (SSSR count). The number of fused-ring (bicyclic) bond motifs is 1. The number of hydrogen-bond donors (Lipinski definition) is 1. The topological polar surface area (TPSA) is 85.7 Å².